The Kier molecular flexibility index (Phi) is 3.19. The molecule has 0 radical (unpaired) electrons. The molecule has 0 spiro atoms. The lowest BCUT2D eigenvalue weighted by Gasteiger charge is -2.08. The van der Waals surface area contributed by atoms with E-state index < -0.39 is 0 Å². The molecule has 0 aliphatic heterocycles. The molecule has 0 saturated heterocycles. The Hall–Kier alpha value is -1.43. The third-order valence-corrected chi connectivity index (χ3v) is 2.89. The Balaban J connectivity index is 2.03. The summed E-state index contributed by atoms with van der Waals surface area (Å²) >= 11 is 1.39. The summed E-state index contributed by atoms with van der Waals surface area (Å²) in [7, 11) is 0. The lowest BCUT2D eigenvalue weighted by atomic mass is 10.2. The Labute approximate surface area is 98.5 Å². The first-order chi connectivity index (χ1) is 7.66. The highest BCUT2D eigenvalue weighted by Gasteiger charge is 2.12. The van der Waals surface area contributed by atoms with Gasteiger partial charge in [0.1, 0.15) is 11.6 Å². The van der Waals surface area contributed by atoms with E-state index in [1.54, 1.807) is 6.20 Å². The van der Waals surface area contributed by atoms with Gasteiger partial charge in [-0.25, -0.2) is 9.97 Å². The summed E-state index contributed by atoms with van der Waals surface area (Å²) in [4.78, 5) is 11.7. The maximum atomic E-state index is 4.41. The number of rotatable bonds is 4. The zero-order valence-corrected chi connectivity index (χ0v) is 10.4. The summed E-state index contributed by atoms with van der Waals surface area (Å²) in [5, 5.41) is 4.11. The SMILES string of the molecule is CC(C)c1nsc(NC(C)c2ncc[nH]2)n1. The van der Waals surface area contributed by atoms with Crippen molar-refractivity contribution in [3.63, 3.8) is 0 Å². The molecule has 5 nitrogen and oxygen atoms in total. The van der Waals surface area contributed by atoms with E-state index in [2.05, 4.69) is 38.5 Å². The normalized spacial score (nSPS) is 13.0. The fraction of sp³-hybridized carbons (Fsp3) is 0.500. The van der Waals surface area contributed by atoms with Crippen molar-refractivity contribution >= 4 is 16.7 Å². The van der Waals surface area contributed by atoms with Crippen LogP contribution in [0.2, 0.25) is 0 Å². The van der Waals surface area contributed by atoms with Crippen LogP contribution in [0.15, 0.2) is 12.4 Å². The van der Waals surface area contributed by atoms with Gasteiger partial charge in [0.2, 0.25) is 5.13 Å². The van der Waals surface area contributed by atoms with Gasteiger partial charge >= 0.3 is 0 Å². The summed E-state index contributed by atoms with van der Waals surface area (Å²) in [5.41, 5.74) is 0. The highest BCUT2D eigenvalue weighted by atomic mass is 32.1. The second-order valence-electron chi connectivity index (χ2n) is 3.95. The van der Waals surface area contributed by atoms with Crippen molar-refractivity contribution in [2.75, 3.05) is 5.32 Å². The van der Waals surface area contributed by atoms with Crippen LogP contribution in [0.4, 0.5) is 5.13 Å². The molecule has 2 rings (SSSR count). The number of aromatic nitrogens is 4. The predicted molar refractivity (Wildman–Crippen MR) is 64.6 cm³/mol. The molecule has 0 fully saturated rings. The fourth-order valence-corrected chi connectivity index (χ4v) is 2.09. The highest BCUT2D eigenvalue weighted by molar-refractivity contribution is 7.09. The minimum Gasteiger partial charge on any atom is -0.351 e. The number of hydrogen-bond acceptors (Lipinski definition) is 5. The minimum absolute atomic E-state index is 0.114. The number of aromatic amines is 1. The molecule has 0 aliphatic rings. The number of anilines is 1. The molecule has 2 N–H and O–H groups in total. The van der Waals surface area contributed by atoms with E-state index in [1.165, 1.54) is 11.5 Å². The number of hydrogen-bond donors (Lipinski definition) is 2. The van der Waals surface area contributed by atoms with Crippen LogP contribution in [0.5, 0.6) is 0 Å². The van der Waals surface area contributed by atoms with Crippen molar-refractivity contribution in [1.29, 1.82) is 0 Å². The zero-order chi connectivity index (χ0) is 11.5. The van der Waals surface area contributed by atoms with Crippen LogP contribution in [0.1, 0.15) is 44.4 Å². The first-order valence-electron chi connectivity index (χ1n) is 5.26. The number of H-pyrrole nitrogens is 1. The molecule has 1 atom stereocenters. The Bertz CT molecular complexity index is 434. The number of nitrogens with zero attached hydrogens (tertiary/aromatic N) is 3. The quantitative estimate of drug-likeness (QED) is 0.857. The van der Waals surface area contributed by atoms with E-state index in [4.69, 9.17) is 0 Å². The van der Waals surface area contributed by atoms with Gasteiger partial charge in [-0.05, 0) is 6.92 Å². The van der Waals surface area contributed by atoms with Crippen molar-refractivity contribution in [3.05, 3.63) is 24.0 Å². The topological polar surface area (TPSA) is 66.5 Å². The van der Waals surface area contributed by atoms with Crippen molar-refractivity contribution < 1.29 is 0 Å². The molecule has 2 aromatic heterocycles. The van der Waals surface area contributed by atoms with Gasteiger partial charge in [0.15, 0.2) is 0 Å². The van der Waals surface area contributed by atoms with Crippen LogP contribution in [-0.2, 0) is 0 Å². The third-order valence-electron chi connectivity index (χ3n) is 2.23. The molecule has 16 heavy (non-hydrogen) atoms. The fourth-order valence-electron chi connectivity index (χ4n) is 1.30. The second-order valence-corrected chi connectivity index (χ2v) is 4.70. The van der Waals surface area contributed by atoms with Crippen molar-refractivity contribution in [2.24, 2.45) is 0 Å². The molecule has 0 amide bonds. The Morgan fingerprint density at radius 1 is 1.38 bits per heavy atom. The predicted octanol–water partition coefficient (Wildman–Crippen LogP) is 2.56. The van der Waals surface area contributed by atoms with Gasteiger partial charge in [0.05, 0.1) is 6.04 Å². The van der Waals surface area contributed by atoms with E-state index in [-0.39, 0.29) is 6.04 Å². The van der Waals surface area contributed by atoms with Crippen LogP contribution in [0, 0.1) is 0 Å². The summed E-state index contributed by atoms with van der Waals surface area (Å²) < 4.78 is 4.29. The summed E-state index contributed by atoms with van der Waals surface area (Å²) in [5.74, 6) is 2.16. The number of imidazole rings is 1. The van der Waals surface area contributed by atoms with Gasteiger partial charge in [0.25, 0.3) is 0 Å². The van der Waals surface area contributed by atoms with Crippen LogP contribution >= 0.6 is 11.5 Å². The van der Waals surface area contributed by atoms with Crippen molar-refractivity contribution in [2.45, 2.75) is 32.7 Å². The smallest absolute Gasteiger partial charge is 0.203 e. The molecule has 2 aromatic rings. The second kappa shape index (κ2) is 4.61. The van der Waals surface area contributed by atoms with Gasteiger partial charge in [-0.3, -0.25) is 0 Å². The largest absolute Gasteiger partial charge is 0.351 e. The lowest BCUT2D eigenvalue weighted by Crippen LogP contribution is -2.08. The van der Waals surface area contributed by atoms with Gasteiger partial charge in [-0.2, -0.15) is 4.37 Å². The van der Waals surface area contributed by atoms with E-state index in [0.29, 0.717) is 5.92 Å². The van der Waals surface area contributed by atoms with Crippen molar-refractivity contribution in [3.8, 4) is 0 Å². The van der Waals surface area contributed by atoms with E-state index in [0.717, 1.165) is 16.8 Å². The van der Waals surface area contributed by atoms with Gasteiger partial charge in [0, 0.05) is 29.8 Å². The molecular formula is C10H15N5S. The summed E-state index contributed by atoms with van der Waals surface area (Å²) in [6.07, 6.45) is 3.56. The van der Waals surface area contributed by atoms with Gasteiger partial charge < -0.3 is 10.3 Å². The molecule has 0 bridgehead atoms. The van der Waals surface area contributed by atoms with Gasteiger partial charge in [-0.1, -0.05) is 13.8 Å². The Morgan fingerprint density at radius 2 is 2.19 bits per heavy atom. The van der Waals surface area contributed by atoms with E-state index in [9.17, 15) is 0 Å². The Morgan fingerprint density at radius 3 is 2.75 bits per heavy atom. The summed E-state index contributed by atoms with van der Waals surface area (Å²) in [6.45, 7) is 6.21. The average Bonchev–Trinajstić information content (AvgIpc) is 2.87. The van der Waals surface area contributed by atoms with Crippen LogP contribution < -0.4 is 5.32 Å². The zero-order valence-electron chi connectivity index (χ0n) is 9.56. The monoisotopic (exact) mass is 237 g/mol. The van der Waals surface area contributed by atoms with Crippen LogP contribution in [0.3, 0.4) is 0 Å². The maximum Gasteiger partial charge on any atom is 0.203 e. The summed E-state index contributed by atoms with van der Waals surface area (Å²) in [6, 6.07) is 0.114. The van der Waals surface area contributed by atoms with Crippen molar-refractivity contribution in [1.82, 2.24) is 19.3 Å². The highest BCUT2D eigenvalue weighted by Crippen LogP contribution is 2.21. The molecule has 0 saturated carbocycles. The molecule has 1 unspecified atom stereocenters. The first-order valence-corrected chi connectivity index (χ1v) is 6.03. The van der Waals surface area contributed by atoms with E-state index in [1.807, 2.05) is 13.1 Å². The molecule has 2 heterocycles. The standard InChI is InChI=1S/C10H15N5S/c1-6(2)8-14-10(16-15-8)13-7(3)9-11-4-5-12-9/h4-7H,1-3H3,(H,11,12)(H,13,14,15). The number of nitrogens with one attached hydrogen (secondary N) is 2. The molecular weight excluding hydrogens is 222 g/mol. The minimum atomic E-state index is 0.114. The van der Waals surface area contributed by atoms with Crippen LogP contribution in [0.25, 0.3) is 0 Å². The van der Waals surface area contributed by atoms with E-state index >= 15 is 0 Å². The molecule has 0 aliphatic carbocycles. The third kappa shape index (κ3) is 2.38. The first kappa shape index (κ1) is 11.1. The maximum absolute atomic E-state index is 4.41. The molecule has 86 valence electrons. The average molecular weight is 237 g/mol. The van der Waals surface area contributed by atoms with Crippen LogP contribution in [-0.4, -0.2) is 19.3 Å². The lowest BCUT2D eigenvalue weighted by molar-refractivity contribution is 0.784. The molecule has 6 heteroatoms. The van der Waals surface area contributed by atoms with Gasteiger partial charge in [-0.15, -0.1) is 0 Å². The molecule has 0 aromatic carbocycles.